The molecule has 0 radical (unpaired) electrons. The molecular weight excluding hydrogens is 406 g/mol. The van der Waals surface area contributed by atoms with Crippen molar-refractivity contribution in [3.05, 3.63) is 47.0 Å². The Bertz CT molecular complexity index is 651. The van der Waals surface area contributed by atoms with E-state index in [1.807, 2.05) is 6.07 Å². The first-order valence-electron chi connectivity index (χ1n) is 7.79. The molecule has 0 aliphatic carbocycles. The first-order valence-corrected chi connectivity index (χ1v) is 8.58. The van der Waals surface area contributed by atoms with Gasteiger partial charge >= 0.3 is 6.09 Å². The maximum absolute atomic E-state index is 12.3. The molecule has 0 aromatic heterocycles. The van der Waals surface area contributed by atoms with Gasteiger partial charge in [0.05, 0.1) is 6.10 Å². The van der Waals surface area contributed by atoms with E-state index in [1.165, 1.54) is 6.92 Å². The number of amides is 3. The average molecular weight is 428 g/mol. The number of alkyl carbamates (subject to hydrolysis) is 1. The number of rotatable bonds is 9. The summed E-state index contributed by atoms with van der Waals surface area (Å²) >= 11 is 3.09. The summed E-state index contributed by atoms with van der Waals surface area (Å²) in [5, 5.41) is 14.4. The number of halogens is 1. The summed E-state index contributed by atoms with van der Waals surface area (Å²) in [5.41, 5.74) is 6.00. The molecule has 0 fully saturated rings. The fourth-order valence-electron chi connectivity index (χ4n) is 2.00. The number of primary amides is 1. The molecule has 0 unspecified atom stereocenters. The van der Waals surface area contributed by atoms with Crippen LogP contribution in [0.2, 0.25) is 0 Å². The predicted molar refractivity (Wildman–Crippen MR) is 99.0 cm³/mol. The smallest absolute Gasteiger partial charge is 0.408 e. The van der Waals surface area contributed by atoms with Crippen LogP contribution in [0.4, 0.5) is 4.79 Å². The van der Waals surface area contributed by atoms with E-state index >= 15 is 0 Å². The topological polar surface area (TPSA) is 131 Å². The minimum absolute atomic E-state index is 0.00808. The first kappa shape index (κ1) is 21.7. The molecule has 0 saturated carbocycles. The van der Waals surface area contributed by atoms with Crippen molar-refractivity contribution in [2.45, 2.75) is 38.1 Å². The van der Waals surface area contributed by atoms with E-state index in [1.54, 1.807) is 24.3 Å². The lowest BCUT2D eigenvalue weighted by Gasteiger charge is -2.23. The van der Waals surface area contributed by atoms with Crippen molar-refractivity contribution in [1.82, 2.24) is 10.6 Å². The summed E-state index contributed by atoms with van der Waals surface area (Å²) in [6, 6.07) is 6.62. The highest BCUT2D eigenvalue weighted by molar-refractivity contribution is 9.11. The number of nitrogens with one attached hydrogen (secondary N) is 2. The zero-order valence-corrected chi connectivity index (χ0v) is 15.9. The van der Waals surface area contributed by atoms with Crippen LogP contribution < -0.4 is 16.4 Å². The molecule has 0 aliphatic rings. The molecule has 0 bridgehead atoms. The SMILES string of the molecule is C=C(Br)C[C@@H](NC(=O)[C@@H](NC(=O)OCc1ccccc1)[C@@H](C)O)C(N)=O. The normalized spacial score (nSPS) is 13.8. The van der Waals surface area contributed by atoms with E-state index < -0.39 is 36.1 Å². The van der Waals surface area contributed by atoms with Gasteiger partial charge in [0.25, 0.3) is 0 Å². The van der Waals surface area contributed by atoms with Gasteiger partial charge in [-0.15, -0.1) is 0 Å². The minimum Gasteiger partial charge on any atom is -0.445 e. The molecule has 8 nitrogen and oxygen atoms in total. The first-order chi connectivity index (χ1) is 12.2. The number of ether oxygens (including phenoxy) is 1. The molecule has 0 saturated heterocycles. The largest absolute Gasteiger partial charge is 0.445 e. The maximum atomic E-state index is 12.3. The molecule has 142 valence electrons. The molecule has 5 N–H and O–H groups in total. The Kier molecular flexibility index (Phi) is 8.80. The van der Waals surface area contributed by atoms with Crippen LogP contribution in [0.5, 0.6) is 0 Å². The Morgan fingerprint density at radius 1 is 1.27 bits per heavy atom. The molecule has 0 spiro atoms. The number of aliphatic hydroxyl groups excluding tert-OH is 1. The van der Waals surface area contributed by atoms with Crippen molar-refractivity contribution in [1.29, 1.82) is 0 Å². The fourth-order valence-corrected chi connectivity index (χ4v) is 2.33. The van der Waals surface area contributed by atoms with Crippen LogP contribution in [-0.4, -0.2) is 41.2 Å². The zero-order chi connectivity index (χ0) is 19.7. The summed E-state index contributed by atoms with van der Waals surface area (Å²) in [7, 11) is 0. The van der Waals surface area contributed by atoms with Gasteiger partial charge in [0.2, 0.25) is 11.8 Å². The average Bonchev–Trinajstić information content (AvgIpc) is 2.57. The minimum atomic E-state index is -1.32. The summed E-state index contributed by atoms with van der Waals surface area (Å²) in [6.45, 7) is 4.92. The highest BCUT2D eigenvalue weighted by atomic mass is 79.9. The number of nitrogens with two attached hydrogens (primary N) is 1. The molecular formula is C17H22BrN3O5. The molecule has 3 atom stereocenters. The zero-order valence-electron chi connectivity index (χ0n) is 14.3. The van der Waals surface area contributed by atoms with E-state index in [4.69, 9.17) is 10.5 Å². The molecule has 3 amide bonds. The Balaban J connectivity index is 2.65. The van der Waals surface area contributed by atoms with Gasteiger partial charge in [-0.25, -0.2) is 4.79 Å². The number of hydrogen-bond donors (Lipinski definition) is 4. The van der Waals surface area contributed by atoms with Crippen LogP contribution in [0, 0.1) is 0 Å². The third-order valence-electron chi connectivity index (χ3n) is 3.34. The van der Waals surface area contributed by atoms with Crippen LogP contribution in [0.15, 0.2) is 41.4 Å². The number of aliphatic hydroxyl groups is 1. The van der Waals surface area contributed by atoms with Gasteiger partial charge in [-0.2, -0.15) is 0 Å². The van der Waals surface area contributed by atoms with Gasteiger partial charge in [-0.3, -0.25) is 9.59 Å². The molecule has 1 rings (SSSR count). The van der Waals surface area contributed by atoms with Crippen LogP contribution in [0.25, 0.3) is 0 Å². The maximum Gasteiger partial charge on any atom is 0.408 e. The lowest BCUT2D eigenvalue weighted by Crippen LogP contribution is -2.56. The summed E-state index contributed by atoms with van der Waals surface area (Å²) in [4.78, 5) is 35.6. The number of hydrogen-bond acceptors (Lipinski definition) is 5. The summed E-state index contributed by atoms with van der Waals surface area (Å²) in [5.74, 6) is -1.54. The Morgan fingerprint density at radius 2 is 1.88 bits per heavy atom. The van der Waals surface area contributed by atoms with Gasteiger partial charge in [0.1, 0.15) is 18.7 Å². The lowest BCUT2D eigenvalue weighted by atomic mass is 10.1. The van der Waals surface area contributed by atoms with Crippen molar-refractivity contribution in [3.8, 4) is 0 Å². The number of carbonyl (C=O) groups excluding carboxylic acids is 3. The van der Waals surface area contributed by atoms with E-state index in [0.717, 1.165) is 5.56 Å². The second-order valence-corrected chi connectivity index (χ2v) is 6.73. The van der Waals surface area contributed by atoms with Gasteiger partial charge in [-0.1, -0.05) is 52.8 Å². The van der Waals surface area contributed by atoms with Crippen molar-refractivity contribution in [2.24, 2.45) is 5.73 Å². The van der Waals surface area contributed by atoms with Crippen LogP contribution in [-0.2, 0) is 20.9 Å². The number of benzene rings is 1. The van der Waals surface area contributed by atoms with E-state index in [0.29, 0.717) is 4.48 Å². The third-order valence-corrected chi connectivity index (χ3v) is 3.66. The van der Waals surface area contributed by atoms with E-state index in [-0.39, 0.29) is 13.0 Å². The second kappa shape index (κ2) is 10.6. The molecule has 0 aliphatic heterocycles. The van der Waals surface area contributed by atoms with Gasteiger partial charge in [0, 0.05) is 6.42 Å². The third kappa shape index (κ3) is 7.66. The molecule has 1 aromatic carbocycles. The van der Waals surface area contributed by atoms with E-state index in [9.17, 15) is 19.5 Å². The lowest BCUT2D eigenvalue weighted by molar-refractivity contribution is -0.130. The molecule has 26 heavy (non-hydrogen) atoms. The van der Waals surface area contributed by atoms with Crippen molar-refractivity contribution in [3.63, 3.8) is 0 Å². The predicted octanol–water partition coefficient (Wildman–Crippen LogP) is 0.931. The Morgan fingerprint density at radius 3 is 2.38 bits per heavy atom. The standard InChI is InChI=1S/C17H22BrN3O5/c1-10(18)8-13(15(19)23)20-16(24)14(11(2)22)21-17(25)26-9-12-6-4-3-5-7-12/h3-7,11,13-14,22H,1,8-9H2,2H3,(H2,19,23)(H,20,24)(H,21,25)/t11-,13-,14+/m1/s1. The summed E-state index contributed by atoms with van der Waals surface area (Å²) < 4.78 is 5.48. The van der Waals surface area contributed by atoms with Crippen LogP contribution >= 0.6 is 15.9 Å². The highest BCUT2D eigenvalue weighted by Crippen LogP contribution is 2.10. The summed E-state index contributed by atoms with van der Waals surface area (Å²) in [6.07, 6.45) is -2.03. The quantitative estimate of drug-likeness (QED) is 0.465. The number of carbonyl (C=O) groups is 3. The highest BCUT2D eigenvalue weighted by Gasteiger charge is 2.29. The van der Waals surface area contributed by atoms with Crippen molar-refractivity contribution < 1.29 is 24.2 Å². The van der Waals surface area contributed by atoms with E-state index in [2.05, 4.69) is 33.1 Å². The molecule has 1 aromatic rings. The van der Waals surface area contributed by atoms with Gasteiger partial charge in [0.15, 0.2) is 0 Å². The monoisotopic (exact) mass is 427 g/mol. The van der Waals surface area contributed by atoms with Crippen molar-refractivity contribution in [2.75, 3.05) is 0 Å². The second-order valence-electron chi connectivity index (χ2n) is 5.61. The van der Waals surface area contributed by atoms with Gasteiger partial charge < -0.3 is 26.2 Å². The van der Waals surface area contributed by atoms with Crippen LogP contribution in [0.1, 0.15) is 18.9 Å². The van der Waals surface area contributed by atoms with Crippen LogP contribution in [0.3, 0.4) is 0 Å². The van der Waals surface area contributed by atoms with Gasteiger partial charge in [-0.05, 0) is 17.0 Å². The fraction of sp³-hybridized carbons (Fsp3) is 0.353. The van der Waals surface area contributed by atoms with Crippen molar-refractivity contribution >= 4 is 33.8 Å². The Labute approximate surface area is 159 Å². The molecule has 9 heteroatoms. The Hall–Kier alpha value is -2.39. The molecule has 0 heterocycles.